The number of carbonyl (C=O) groups excluding carboxylic acids is 1. The van der Waals surface area contributed by atoms with Gasteiger partial charge in [-0.3, -0.25) is 9.69 Å². The normalized spacial score (nSPS) is 14.8. The monoisotopic (exact) mass is 583 g/mol. The molecule has 0 unspecified atom stereocenters. The Kier molecular flexibility index (Phi) is 6.15. The number of nitrogens with zero attached hydrogens (tertiary/aromatic N) is 1. The van der Waals surface area contributed by atoms with Gasteiger partial charge < -0.3 is 4.42 Å². The summed E-state index contributed by atoms with van der Waals surface area (Å²) < 4.78 is 7.05. The quantitative estimate of drug-likeness (QED) is 0.179. The third kappa shape index (κ3) is 4.51. The molecule has 2 heterocycles. The first-order valence-corrected chi connectivity index (χ1v) is 12.0. The van der Waals surface area contributed by atoms with Gasteiger partial charge in [0, 0.05) is 14.7 Å². The fraction of sp³-hybridized carbons (Fsp3) is 0. The second kappa shape index (κ2) is 9.21. The first kappa shape index (κ1) is 22.0. The van der Waals surface area contributed by atoms with Gasteiger partial charge in [-0.2, -0.15) is 0 Å². The molecule has 33 heavy (non-hydrogen) atoms. The number of benzene rings is 3. The van der Waals surface area contributed by atoms with Crippen molar-refractivity contribution in [3.05, 3.63) is 122 Å². The SMILES string of the molecule is O=C1/C(=C/c2ccc(-c3ccc(Cl)c(Cl)c3)o2)C=C(c2ccccc2)N1c1cccc(I)c1. The number of rotatable bonds is 4. The molecule has 0 aliphatic carbocycles. The fourth-order valence-electron chi connectivity index (χ4n) is 3.70. The molecule has 0 N–H and O–H groups in total. The van der Waals surface area contributed by atoms with Gasteiger partial charge in [-0.1, -0.05) is 59.6 Å². The van der Waals surface area contributed by atoms with Gasteiger partial charge in [-0.05, 0) is 88.8 Å². The molecule has 4 aromatic rings. The molecule has 1 aliphatic rings. The van der Waals surface area contributed by atoms with E-state index >= 15 is 0 Å². The van der Waals surface area contributed by atoms with Crippen LogP contribution in [0.25, 0.3) is 23.1 Å². The zero-order valence-electron chi connectivity index (χ0n) is 17.1. The average molecular weight is 584 g/mol. The van der Waals surface area contributed by atoms with Crippen LogP contribution in [0.5, 0.6) is 0 Å². The number of anilines is 1. The standard InChI is InChI=1S/C27H16Cl2INO2/c28-23-11-9-18(14-24(23)29)26-12-10-22(33-26)13-19-15-25(17-5-2-1-3-6-17)31(27(19)32)21-8-4-7-20(30)16-21/h1-16H/b19-13+. The first-order valence-electron chi connectivity index (χ1n) is 10.1. The van der Waals surface area contributed by atoms with Gasteiger partial charge in [-0.25, -0.2) is 0 Å². The Morgan fingerprint density at radius 1 is 0.818 bits per heavy atom. The zero-order chi connectivity index (χ0) is 22.9. The fourth-order valence-corrected chi connectivity index (χ4v) is 4.52. The van der Waals surface area contributed by atoms with Crippen LogP contribution < -0.4 is 4.90 Å². The molecule has 0 spiro atoms. The Hall–Kier alpha value is -2.80. The summed E-state index contributed by atoms with van der Waals surface area (Å²) in [4.78, 5) is 15.2. The largest absolute Gasteiger partial charge is 0.457 e. The molecule has 6 heteroatoms. The number of hydrogen-bond donors (Lipinski definition) is 0. The van der Waals surface area contributed by atoms with Crippen molar-refractivity contribution in [3.63, 3.8) is 0 Å². The Balaban J connectivity index is 1.54. The van der Waals surface area contributed by atoms with E-state index in [0.717, 1.165) is 26.1 Å². The van der Waals surface area contributed by atoms with Crippen LogP contribution in [0.15, 0.2) is 101 Å². The lowest BCUT2D eigenvalue weighted by Gasteiger charge is -2.21. The highest BCUT2D eigenvalue weighted by Gasteiger charge is 2.30. The Morgan fingerprint density at radius 3 is 2.39 bits per heavy atom. The van der Waals surface area contributed by atoms with Crippen molar-refractivity contribution in [2.45, 2.75) is 0 Å². The summed E-state index contributed by atoms with van der Waals surface area (Å²) >= 11 is 14.4. The summed E-state index contributed by atoms with van der Waals surface area (Å²) in [5, 5.41) is 0.945. The summed E-state index contributed by atoms with van der Waals surface area (Å²) in [5.74, 6) is 1.11. The Labute approximate surface area is 215 Å². The van der Waals surface area contributed by atoms with Gasteiger partial charge >= 0.3 is 0 Å². The second-order valence-electron chi connectivity index (χ2n) is 7.45. The van der Waals surface area contributed by atoms with Crippen LogP contribution >= 0.6 is 45.8 Å². The van der Waals surface area contributed by atoms with Crippen molar-refractivity contribution in [2.75, 3.05) is 4.90 Å². The van der Waals surface area contributed by atoms with Gasteiger partial charge in [-0.15, -0.1) is 0 Å². The van der Waals surface area contributed by atoms with E-state index < -0.39 is 0 Å². The van der Waals surface area contributed by atoms with Crippen LogP contribution in [0.4, 0.5) is 5.69 Å². The van der Waals surface area contributed by atoms with E-state index in [1.165, 1.54) is 0 Å². The number of amides is 1. The third-order valence-corrected chi connectivity index (χ3v) is 6.66. The third-order valence-electron chi connectivity index (χ3n) is 5.25. The lowest BCUT2D eigenvalue weighted by atomic mass is 10.1. The van der Waals surface area contributed by atoms with Crippen LogP contribution in [0, 0.1) is 3.57 Å². The first-order chi connectivity index (χ1) is 16.0. The van der Waals surface area contributed by atoms with E-state index in [0.29, 0.717) is 27.1 Å². The van der Waals surface area contributed by atoms with Crippen molar-refractivity contribution in [1.82, 2.24) is 0 Å². The van der Waals surface area contributed by atoms with Crippen LogP contribution in [-0.4, -0.2) is 5.91 Å². The minimum absolute atomic E-state index is 0.108. The summed E-state index contributed by atoms with van der Waals surface area (Å²) in [6.07, 6.45) is 3.67. The van der Waals surface area contributed by atoms with Crippen molar-refractivity contribution < 1.29 is 9.21 Å². The smallest absolute Gasteiger partial charge is 0.263 e. The summed E-state index contributed by atoms with van der Waals surface area (Å²) in [7, 11) is 0. The zero-order valence-corrected chi connectivity index (χ0v) is 20.8. The van der Waals surface area contributed by atoms with Crippen LogP contribution in [0.1, 0.15) is 11.3 Å². The van der Waals surface area contributed by atoms with Crippen LogP contribution in [0.2, 0.25) is 10.0 Å². The molecule has 3 aromatic carbocycles. The highest BCUT2D eigenvalue weighted by Crippen LogP contribution is 2.36. The minimum atomic E-state index is -0.108. The van der Waals surface area contributed by atoms with Gasteiger partial charge in [0.05, 0.1) is 21.4 Å². The molecule has 0 saturated carbocycles. The predicted octanol–water partition coefficient (Wildman–Crippen LogP) is 8.33. The maximum absolute atomic E-state index is 13.5. The Morgan fingerprint density at radius 2 is 1.64 bits per heavy atom. The van der Waals surface area contributed by atoms with E-state index in [-0.39, 0.29) is 5.91 Å². The summed E-state index contributed by atoms with van der Waals surface area (Å²) in [6.45, 7) is 0. The molecule has 0 fully saturated rings. The summed E-state index contributed by atoms with van der Waals surface area (Å²) in [5.41, 5.74) is 3.96. The topological polar surface area (TPSA) is 33.5 Å². The molecule has 1 aliphatic heterocycles. The van der Waals surface area contributed by atoms with Crippen molar-refractivity contribution in [2.24, 2.45) is 0 Å². The molecule has 162 valence electrons. The van der Waals surface area contributed by atoms with Crippen molar-refractivity contribution in [3.8, 4) is 11.3 Å². The van der Waals surface area contributed by atoms with Gasteiger partial charge in [0.15, 0.2) is 0 Å². The number of hydrogen-bond acceptors (Lipinski definition) is 2. The lowest BCUT2D eigenvalue weighted by Crippen LogP contribution is -2.25. The number of carbonyl (C=O) groups is 1. The molecule has 1 aromatic heterocycles. The molecule has 3 nitrogen and oxygen atoms in total. The van der Waals surface area contributed by atoms with E-state index in [2.05, 4.69) is 22.6 Å². The van der Waals surface area contributed by atoms with Gasteiger partial charge in [0.1, 0.15) is 11.5 Å². The second-order valence-corrected chi connectivity index (χ2v) is 9.51. The molecule has 0 saturated heterocycles. The van der Waals surface area contributed by atoms with E-state index in [9.17, 15) is 4.79 Å². The maximum atomic E-state index is 13.5. The summed E-state index contributed by atoms with van der Waals surface area (Å²) in [6, 6.07) is 26.8. The molecular weight excluding hydrogens is 568 g/mol. The van der Waals surface area contributed by atoms with E-state index in [1.807, 2.05) is 78.9 Å². The number of furan rings is 1. The maximum Gasteiger partial charge on any atom is 0.263 e. The molecule has 5 rings (SSSR count). The van der Waals surface area contributed by atoms with E-state index in [4.69, 9.17) is 27.6 Å². The lowest BCUT2D eigenvalue weighted by molar-refractivity contribution is -0.113. The molecule has 0 atom stereocenters. The predicted molar refractivity (Wildman–Crippen MR) is 143 cm³/mol. The molecule has 0 bridgehead atoms. The minimum Gasteiger partial charge on any atom is -0.457 e. The van der Waals surface area contributed by atoms with Gasteiger partial charge in [0.2, 0.25) is 0 Å². The van der Waals surface area contributed by atoms with Crippen LogP contribution in [0.3, 0.4) is 0 Å². The highest BCUT2D eigenvalue weighted by atomic mass is 127. The average Bonchev–Trinajstić information content (AvgIpc) is 3.41. The van der Waals surface area contributed by atoms with Crippen molar-refractivity contribution in [1.29, 1.82) is 0 Å². The molecule has 0 radical (unpaired) electrons. The van der Waals surface area contributed by atoms with Crippen molar-refractivity contribution >= 4 is 69.2 Å². The Bertz CT molecular complexity index is 1420. The van der Waals surface area contributed by atoms with Gasteiger partial charge in [0.25, 0.3) is 5.91 Å². The molecule has 1 amide bonds. The van der Waals surface area contributed by atoms with E-state index in [1.54, 1.807) is 23.1 Å². The molecular formula is C27H16Cl2INO2. The number of halogens is 3. The highest BCUT2D eigenvalue weighted by molar-refractivity contribution is 14.1. The van der Waals surface area contributed by atoms with Crippen LogP contribution in [-0.2, 0) is 4.79 Å².